The van der Waals surface area contributed by atoms with E-state index in [4.69, 9.17) is 4.74 Å². The topological polar surface area (TPSA) is 76.5 Å². The highest BCUT2D eigenvalue weighted by Gasteiger charge is 2.30. The van der Waals surface area contributed by atoms with Crippen LogP contribution in [0.4, 0.5) is 0 Å². The number of nitrogens with zero attached hydrogens (tertiary/aromatic N) is 3. The predicted molar refractivity (Wildman–Crippen MR) is 102 cm³/mol. The van der Waals surface area contributed by atoms with Crippen LogP contribution in [0.1, 0.15) is 57.7 Å². The van der Waals surface area contributed by atoms with Crippen LogP contribution in [0.3, 0.4) is 0 Å². The highest BCUT2D eigenvalue weighted by Crippen LogP contribution is 2.24. The summed E-state index contributed by atoms with van der Waals surface area (Å²) in [6, 6.07) is 1.84. The summed E-state index contributed by atoms with van der Waals surface area (Å²) in [4.78, 5) is 27.0. The molecule has 27 heavy (non-hydrogen) atoms. The smallest absolute Gasteiger partial charge is 0.223 e. The van der Waals surface area contributed by atoms with Crippen molar-refractivity contribution < 1.29 is 14.3 Å². The molecule has 1 aromatic rings. The van der Waals surface area contributed by atoms with Crippen LogP contribution in [-0.4, -0.2) is 52.8 Å². The van der Waals surface area contributed by atoms with Crippen LogP contribution in [0, 0.1) is 11.8 Å². The molecule has 3 heterocycles. The van der Waals surface area contributed by atoms with Gasteiger partial charge in [-0.2, -0.15) is 5.10 Å². The fraction of sp³-hybridized carbons (Fsp3) is 0.750. The molecule has 0 aliphatic carbocycles. The molecule has 1 atom stereocenters. The molecular formula is C20H32N4O3. The number of hydrogen-bond donors (Lipinski definition) is 1. The van der Waals surface area contributed by atoms with Gasteiger partial charge in [-0.15, -0.1) is 0 Å². The lowest BCUT2D eigenvalue weighted by molar-refractivity contribution is -0.134. The first-order valence-electron chi connectivity index (χ1n) is 10.2. The number of hydrogen-bond acceptors (Lipinski definition) is 4. The Labute approximate surface area is 161 Å². The fourth-order valence-corrected chi connectivity index (χ4v) is 3.79. The summed E-state index contributed by atoms with van der Waals surface area (Å²) in [5.41, 5.74) is 1.00. The number of fused-ring (bicyclic) bond motifs is 1. The molecule has 150 valence electrons. The number of carbonyl (C=O) groups excluding carboxylic acids is 2. The fourth-order valence-electron chi connectivity index (χ4n) is 3.79. The van der Waals surface area contributed by atoms with Crippen molar-refractivity contribution in [2.24, 2.45) is 11.8 Å². The van der Waals surface area contributed by atoms with Gasteiger partial charge in [0.25, 0.3) is 0 Å². The van der Waals surface area contributed by atoms with Crippen molar-refractivity contribution in [3.8, 4) is 0 Å². The van der Waals surface area contributed by atoms with Crippen molar-refractivity contribution in [1.29, 1.82) is 0 Å². The van der Waals surface area contributed by atoms with E-state index in [0.717, 1.165) is 38.2 Å². The van der Waals surface area contributed by atoms with E-state index in [2.05, 4.69) is 24.3 Å². The van der Waals surface area contributed by atoms with Crippen LogP contribution >= 0.6 is 0 Å². The van der Waals surface area contributed by atoms with Crippen LogP contribution in [-0.2, 0) is 20.9 Å². The van der Waals surface area contributed by atoms with Crippen molar-refractivity contribution in [1.82, 2.24) is 20.0 Å². The van der Waals surface area contributed by atoms with Gasteiger partial charge in [-0.05, 0) is 37.2 Å². The average molecular weight is 377 g/mol. The zero-order chi connectivity index (χ0) is 19.2. The van der Waals surface area contributed by atoms with Gasteiger partial charge in [-0.1, -0.05) is 13.8 Å². The maximum Gasteiger partial charge on any atom is 0.223 e. The van der Waals surface area contributed by atoms with Crippen molar-refractivity contribution in [3.05, 3.63) is 18.0 Å². The summed E-state index contributed by atoms with van der Waals surface area (Å²) < 4.78 is 7.28. The van der Waals surface area contributed by atoms with E-state index < -0.39 is 0 Å². The highest BCUT2D eigenvalue weighted by atomic mass is 16.5. The number of carbonyl (C=O) groups is 2. The molecule has 1 aromatic heterocycles. The SMILES string of the molecule is CC(C)CCC(=O)N1Cc2ccnn2C(CC(=O)NCC2CCOCC2)C1. The van der Waals surface area contributed by atoms with Gasteiger partial charge in [0.05, 0.1) is 24.7 Å². The lowest BCUT2D eigenvalue weighted by Crippen LogP contribution is -2.43. The van der Waals surface area contributed by atoms with E-state index in [0.29, 0.717) is 44.3 Å². The number of nitrogens with one attached hydrogen (secondary N) is 1. The molecule has 0 bridgehead atoms. The lowest BCUT2D eigenvalue weighted by atomic mass is 10.0. The van der Waals surface area contributed by atoms with E-state index in [9.17, 15) is 9.59 Å². The maximum absolute atomic E-state index is 12.6. The Hall–Kier alpha value is -1.89. The molecular weight excluding hydrogens is 344 g/mol. The zero-order valence-electron chi connectivity index (χ0n) is 16.5. The third kappa shape index (κ3) is 5.54. The number of aromatic nitrogens is 2. The second-order valence-corrected chi connectivity index (χ2v) is 8.19. The first-order valence-corrected chi connectivity index (χ1v) is 10.2. The third-order valence-electron chi connectivity index (χ3n) is 5.52. The summed E-state index contributed by atoms with van der Waals surface area (Å²) in [6.07, 6.45) is 5.58. The molecule has 1 fully saturated rings. The third-order valence-corrected chi connectivity index (χ3v) is 5.52. The highest BCUT2D eigenvalue weighted by molar-refractivity contribution is 5.78. The van der Waals surface area contributed by atoms with Gasteiger partial charge in [-0.3, -0.25) is 14.3 Å². The van der Waals surface area contributed by atoms with Gasteiger partial charge in [0.2, 0.25) is 11.8 Å². The second-order valence-electron chi connectivity index (χ2n) is 8.19. The summed E-state index contributed by atoms with van der Waals surface area (Å²) in [5.74, 6) is 1.22. The molecule has 0 saturated carbocycles. The van der Waals surface area contributed by atoms with Crippen LogP contribution in [0.2, 0.25) is 0 Å². The minimum absolute atomic E-state index is 0.0319. The molecule has 2 aliphatic rings. The number of ether oxygens (including phenoxy) is 1. The van der Waals surface area contributed by atoms with Gasteiger partial charge in [0, 0.05) is 38.9 Å². The summed E-state index contributed by atoms with van der Waals surface area (Å²) in [7, 11) is 0. The average Bonchev–Trinajstić information content (AvgIpc) is 3.14. The molecule has 7 nitrogen and oxygen atoms in total. The standard InChI is InChI=1S/C20H32N4O3/c1-15(2)3-4-20(26)23-13-17-5-8-22-24(17)18(14-23)11-19(25)21-12-16-6-9-27-10-7-16/h5,8,15-16,18H,3-4,6-7,9-14H2,1-2H3,(H,21,25). The zero-order valence-corrected chi connectivity index (χ0v) is 16.5. The van der Waals surface area contributed by atoms with Crippen LogP contribution in [0.15, 0.2) is 12.3 Å². The normalized spacial score (nSPS) is 20.6. The summed E-state index contributed by atoms with van der Waals surface area (Å²) >= 11 is 0. The van der Waals surface area contributed by atoms with Crippen LogP contribution < -0.4 is 5.32 Å². The van der Waals surface area contributed by atoms with Crippen molar-refractivity contribution in [2.45, 2.75) is 58.5 Å². The Balaban J connectivity index is 1.55. The van der Waals surface area contributed by atoms with Crippen LogP contribution in [0.5, 0.6) is 0 Å². The van der Waals surface area contributed by atoms with Gasteiger partial charge < -0.3 is 15.0 Å². The van der Waals surface area contributed by atoms with E-state index in [1.165, 1.54) is 0 Å². The van der Waals surface area contributed by atoms with Gasteiger partial charge in [0.1, 0.15) is 0 Å². The minimum atomic E-state index is -0.0959. The predicted octanol–water partition coefficient (Wildman–Crippen LogP) is 2.14. The van der Waals surface area contributed by atoms with E-state index in [1.807, 2.05) is 15.6 Å². The largest absolute Gasteiger partial charge is 0.381 e. The molecule has 2 aliphatic heterocycles. The Morgan fingerprint density at radius 2 is 2.11 bits per heavy atom. The van der Waals surface area contributed by atoms with Gasteiger partial charge in [-0.25, -0.2) is 0 Å². The number of rotatable bonds is 7. The molecule has 0 aromatic carbocycles. The van der Waals surface area contributed by atoms with E-state index >= 15 is 0 Å². The molecule has 3 rings (SSSR count). The molecule has 7 heteroatoms. The molecule has 1 unspecified atom stereocenters. The van der Waals surface area contributed by atoms with E-state index in [-0.39, 0.29) is 17.9 Å². The van der Waals surface area contributed by atoms with Crippen molar-refractivity contribution in [3.63, 3.8) is 0 Å². The molecule has 0 spiro atoms. The van der Waals surface area contributed by atoms with Crippen LogP contribution in [0.25, 0.3) is 0 Å². The second kappa shape index (κ2) is 9.35. The lowest BCUT2D eigenvalue weighted by Gasteiger charge is -2.34. The van der Waals surface area contributed by atoms with Crippen molar-refractivity contribution >= 4 is 11.8 Å². The molecule has 0 radical (unpaired) electrons. The Morgan fingerprint density at radius 3 is 2.85 bits per heavy atom. The van der Waals surface area contributed by atoms with Crippen molar-refractivity contribution in [2.75, 3.05) is 26.3 Å². The molecule has 1 N–H and O–H groups in total. The molecule has 1 saturated heterocycles. The first kappa shape index (κ1) is 19.9. The molecule has 2 amide bonds. The Morgan fingerprint density at radius 1 is 1.33 bits per heavy atom. The van der Waals surface area contributed by atoms with E-state index in [1.54, 1.807) is 6.20 Å². The Kier molecular flexibility index (Phi) is 6.88. The van der Waals surface area contributed by atoms with Gasteiger partial charge >= 0.3 is 0 Å². The maximum atomic E-state index is 12.6. The minimum Gasteiger partial charge on any atom is -0.381 e. The first-order chi connectivity index (χ1) is 13.0. The summed E-state index contributed by atoms with van der Waals surface area (Å²) in [5, 5.41) is 7.46. The monoisotopic (exact) mass is 376 g/mol. The Bertz CT molecular complexity index is 637. The number of amides is 2. The summed E-state index contributed by atoms with van der Waals surface area (Å²) in [6.45, 7) is 7.67. The van der Waals surface area contributed by atoms with Gasteiger partial charge in [0.15, 0.2) is 0 Å². The quantitative estimate of drug-likeness (QED) is 0.791.